The zero-order valence-electron chi connectivity index (χ0n) is 51.3. The Morgan fingerprint density at radius 2 is 0.944 bits per heavy atom. The number of amides is 2. The van der Waals surface area contributed by atoms with E-state index < -0.39 is 29.5 Å². The maximum atomic E-state index is 12.6. The smallest absolute Gasteiger partial charge is 0.410 e. The number of aliphatic hydroxyl groups excluding tert-OH is 2. The number of carbonyl (C=O) groups excluding carboxylic acids is 2. The highest BCUT2D eigenvalue weighted by atomic mass is 35.5. The summed E-state index contributed by atoms with van der Waals surface area (Å²) in [6.07, 6.45) is 4.26. The molecule has 4 aliphatic rings. The van der Waals surface area contributed by atoms with Gasteiger partial charge >= 0.3 is 12.2 Å². The van der Waals surface area contributed by atoms with Gasteiger partial charge in [-0.2, -0.15) is 0 Å². The molecule has 0 spiro atoms. The van der Waals surface area contributed by atoms with E-state index in [1.165, 1.54) is 0 Å². The van der Waals surface area contributed by atoms with Crippen molar-refractivity contribution in [2.75, 3.05) is 60.6 Å². The Bertz CT molecular complexity index is 4060. The molecule has 7 heterocycles. The molecule has 16 nitrogen and oxygen atoms in total. The third-order valence-corrected chi connectivity index (χ3v) is 17.9. The summed E-state index contributed by atoms with van der Waals surface area (Å²) in [5, 5.41) is 35.0. The number of epoxide rings is 1. The van der Waals surface area contributed by atoms with Gasteiger partial charge in [0.2, 0.25) is 0 Å². The summed E-state index contributed by atoms with van der Waals surface area (Å²) in [6, 6.07) is 28.5. The number of benzene rings is 6. The summed E-state index contributed by atoms with van der Waals surface area (Å²) in [7, 11) is 4.80. The standard InChI is InChI=1S/C24H28Cl2N2O4.C19H20Cl2N2O2.C13H9Cl2NO.C11H19NO3/c1-24(2,3)32-23(30)27-9-5-6-19(21(29)13-27)28-18-8-7-14(25)10-15(18)16-11-17(26)22(31-4)12-20(16)28;1-25-19-9-17-13(8-14(19)21)12-7-11(20)4-5-15(12)23(17)16-3-2-6-22-10-18(16)24;1-17-13-6-12-9(5-10(13)15)8-4-7(14)2-3-11(8)16-12;1-11(2,3)15-10(13)12-6-4-5-8-9(7-12)14-8/h7-8,10-12,19,21,29H,5-6,9,13H2,1-4H3;4-5,7-9,16,18,22,24H,2-3,6,10H2,1H3;2-6,16H,1H3;8-9H,4-7H2,1-3H3/t19-,21-;16-,18-;;/m11../s1. The maximum absolute atomic E-state index is 12.6. The number of fused-ring (bicyclic) bond motifs is 10. The van der Waals surface area contributed by atoms with Crippen LogP contribution >= 0.6 is 69.6 Å². The number of aromatic nitrogens is 3. The third-order valence-electron chi connectivity index (χ3n) is 16.3. The lowest BCUT2D eigenvalue weighted by molar-refractivity contribution is 0.0141. The first kappa shape index (κ1) is 66.2. The van der Waals surface area contributed by atoms with Gasteiger partial charge in [-0.05, 0) is 159 Å². The fourth-order valence-electron chi connectivity index (χ4n) is 12.2. The second kappa shape index (κ2) is 27.6. The Morgan fingerprint density at radius 1 is 0.506 bits per heavy atom. The Kier molecular flexibility index (Phi) is 20.5. The molecule has 6 atom stereocenters. The summed E-state index contributed by atoms with van der Waals surface area (Å²) in [4.78, 5) is 31.1. The molecule has 0 aliphatic carbocycles. The molecule has 4 aliphatic heterocycles. The summed E-state index contributed by atoms with van der Waals surface area (Å²) >= 11 is 37.5. The van der Waals surface area contributed by atoms with Crippen LogP contribution in [0.5, 0.6) is 17.2 Å². The maximum Gasteiger partial charge on any atom is 0.410 e. The van der Waals surface area contributed by atoms with E-state index >= 15 is 0 Å². The number of nitrogens with zero attached hydrogens (tertiary/aromatic N) is 4. The number of hydrogen-bond donors (Lipinski definition) is 4. The van der Waals surface area contributed by atoms with Crippen molar-refractivity contribution >= 4 is 147 Å². The highest BCUT2D eigenvalue weighted by Crippen LogP contribution is 2.44. The van der Waals surface area contributed by atoms with Gasteiger partial charge in [0.15, 0.2) is 0 Å². The van der Waals surface area contributed by atoms with Crippen molar-refractivity contribution in [2.24, 2.45) is 0 Å². The Balaban J connectivity index is 0.000000136. The van der Waals surface area contributed by atoms with Crippen molar-refractivity contribution in [3.63, 3.8) is 0 Å². The minimum Gasteiger partial charge on any atom is -0.495 e. The van der Waals surface area contributed by atoms with Gasteiger partial charge in [-0.3, -0.25) is 0 Å². The molecule has 0 saturated carbocycles. The van der Waals surface area contributed by atoms with Gasteiger partial charge in [0, 0.05) is 102 Å². The molecule has 13 rings (SSSR count). The van der Waals surface area contributed by atoms with Crippen LogP contribution in [0.15, 0.2) is 91.0 Å². The molecular weight excluding hydrogens is 1260 g/mol. The quantitative estimate of drug-likeness (QED) is 0.121. The van der Waals surface area contributed by atoms with Crippen LogP contribution in [0, 0.1) is 0 Å². The first-order valence-corrected chi connectivity index (χ1v) is 32.2. The highest BCUT2D eigenvalue weighted by molar-refractivity contribution is 6.36. The average Bonchev–Trinajstić information content (AvgIpc) is 1.72. The molecule has 4 saturated heterocycles. The van der Waals surface area contributed by atoms with Gasteiger partial charge in [0.25, 0.3) is 0 Å². The fraction of sp³-hybridized carbons (Fsp3) is 0.433. The van der Waals surface area contributed by atoms with Gasteiger partial charge in [-0.1, -0.05) is 69.6 Å². The van der Waals surface area contributed by atoms with Gasteiger partial charge in [0.05, 0.1) is 96.4 Å². The summed E-state index contributed by atoms with van der Waals surface area (Å²) in [5.74, 6) is 1.86. The first-order chi connectivity index (χ1) is 42.3. The Morgan fingerprint density at radius 3 is 1.47 bits per heavy atom. The van der Waals surface area contributed by atoms with E-state index in [-0.39, 0.29) is 30.8 Å². The van der Waals surface area contributed by atoms with Crippen LogP contribution < -0.4 is 19.5 Å². The second-order valence-electron chi connectivity index (χ2n) is 24.9. The van der Waals surface area contributed by atoms with Crippen LogP contribution in [0.2, 0.25) is 30.1 Å². The predicted octanol–water partition coefficient (Wildman–Crippen LogP) is 16.9. The molecule has 0 radical (unpaired) electrons. The number of halogens is 6. The minimum absolute atomic E-state index is 0.0120. The lowest BCUT2D eigenvalue weighted by atomic mass is 10.1. The third kappa shape index (κ3) is 15.1. The van der Waals surface area contributed by atoms with E-state index in [0.29, 0.717) is 79.5 Å². The van der Waals surface area contributed by atoms with Crippen LogP contribution in [-0.2, 0) is 14.2 Å². The molecule has 4 fully saturated rings. The van der Waals surface area contributed by atoms with E-state index in [1.54, 1.807) is 31.1 Å². The van der Waals surface area contributed by atoms with Gasteiger partial charge in [0.1, 0.15) is 34.6 Å². The van der Waals surface area contributed by atoms with Crippen molar-refractivity contribution in [1.29, 1.82) is 0 Å². The number of β-amino-alcohol motifs (C(OH)–C–C–N with tert-alkyl or cyclic N) is 2. The zero-order valence-corrected chi connectivity index (χ0v) is 55.9. The molecule has 2 unspecified atom stereocenters. The molecule has 4 N–H and O–H groups in total. The van der Waals surface area contributed by atoms with E-state index in [9.17, 15) is 19.8 Å². The van der Waals surface area contributed by atoms with Crippen molar-refractivity contribution in [1.82, 2.24) is 29.2 Å². The molecule has 6 aromatic carbocycles. The fourth-order valence-corrected chi connectivity index (χ4v) is 13.4. The summed E-state index contributed by atoms with van der Waals surface area (Å²) in [6.45, 7) is 14.9. The number of methoxy groups -OCH3 is 3. The Labute approximate surface area is 547 Å². The lowest BCUT2D eigenvalue weighted by Crippen LogP contribution is -2.41. The largest absolute Gasteiger partial charge is 0.495 e. The molecule has 476 valence electrons. The van der Waals surface area contributed by atoms with E-state index in [0.717, 1.165) is 111 Å². The summed E-state index contributed by atoms with van der Waals surface area (Å²) < 4.78 is 36.7. The Hall–Kier alpha value is -5.76. The molecule has 0 bridgehead atoms. The predicted molar refractivity (Wildman–Crippen MR) is 359 cm³/mol. The van der Waals surface area contributed by atoms with Crippen LogP contribution in [0.1, 0.15) is 92.2 Å². The van der Waals surface area contributed by atoms with E-state index in [2.05, 4.69) is 19.4 Å². The summed E-state index contributed by atoms with van der Waals surface area (Å²) in [5.41, 5.74) is 4.93. The van der Waals surface area contributed by atoms with Crippen molar-refractivity contribution < 1.29 is 48.2 Å². The SMILES string of the molecule is CC(C)(C)OC(=O)N1CCCC2OC2C1.COc1cc2[nH]c3ccc(Cl)cc3c2cc1Cl.COc1cc2c(cc1Cl)c1cc(Cl)ccc1n2[C@@H]1CCCN(C(=O)OC(C)(C)C)C[C@H]1O.COc1cc2c(cc1Cl)c1cc(Cl)ccc1n2[C@@H]1CCCNC[C@H]1O. The molecule has 22 heteroatoms. The number of hydrogen-bond acceptors (Lipinski definition) is 11. The topological polar surface area (TPSA) is 177 Å². The number of rotatable bonds is 5. The number of aromatic amines is 1. The molecule has 2 amide bonds. The number of aliphatic hydroxyl groups is 2. The van der Waals surface area contributed by atoms with Crippen LogP contribution in [0.4, 0.5) is 9.59 Å². The lowest BCUT2D eigenvalue weighted by Gasteiger charge is -2.29. The average molecular weight is 1340 g/mol. The number of carbonyl (C=O) groups is 2. The zero-order chi connectivity index (χ0) is 63.8. The molecule has 3 aromatic heterocycles. The van der Waals surface area contributed by atoms with Crippen LogP contribution in [-0.4, -0.2) is 143 Å². The minimum atomic E-state index is -0.777. The van der Waals surface area contributed by atoms with Crippen molar-refractivity contribution in [3.8, 4) is 17.2 Å². The van der Waals surface area contributed by atoms with Gasteiger partial charge in [-0.15, -0.1) is 0 Å². The number of ether oxygens (including phenoxy) is 6. The first-order valence-electron chi connectivity index (χ1n) is 29.9. The van der Waals surface area contributed by atoms with Gasteiger partial charge in [-0.25, -0.2) is 9.59 Å². The highest BCUT2D eigenvalue weighted by Gasteiger charge is 2.43. The second-order valence-corrected chi connectivity index (χ2v) is 27.4. The molecule has 89 heavy (non-hydrogen) atoms. The van der Waals surface area contributed by atoms with Gasteiger partial charge < -0.3 is 67.9 Å². The van der Waals surface area contributed by atoms with Crippen LogP contribution in [0.25, 0.3) is 65.4 Å². The number of nitrogens with one attached hydrogen (secondary N) is 2. The monoisotopic (exact) mass is 1330 g/mol. The van der Waals surface area contributed by atoms with E-state index in [1.807, 2.05) is 133 Å². The van der Waals surface area contributed by atoms with Crippen molar-refractivity contribution in [2.45, 2.75) is 128 Å². The normalized spacial score (nSPS) is 20.5. The van der Waals surface area contributed by atoms with Crippen LogP contribution in [0.3, 0.4) is 0 Å². The number of likely N-dealkylation sites (tertiary alicyclic amines) is 2. The van der Waals surface area contributed by atoms with E-state index in [4.69, 9.17) is 98.0 Å². The number of H-pyrrole nitrogens is 1. The molecular formula is C67H76Cl6N6O10. The molecule has 9 aromatic rings. The van der Waals surface area contributed by atoms with Crippen molar-refractivity contribution in [3.05, 3.63) is 121 Å².